The van der Waals surface area contributed by atoms with Gasteiger partial charge < -0.3 is 11.1 Å². The van der Waals surface area contributed by atoms with Crippen LogP contribution in [0, 0.1) is 10.1 Å². The molecule has 0 aliphatic rings. The number of nitrogens with two attached hydrogens (primary N) is 1. The van der Waals surface area contributed by atoms with Gasteiger partial charge in [0, 0.05) is 11.6 Å². The zero-order chi connectivity index (χ0) is 13.8. The van der Waals surface area contributed by atoms with Gasteiger partial charge in [0.2, 0.25) is 0 Å². The van der Waals surface area contributed by atoms with Gasteiger partial charge in [0.1, 0.15) is 17.8 Å². The van der Waals surface area contributed by atoms with E-state index in [0.717, 1.165) is 0 Å². The summed E-state index contributed by atoms with van der Waals surface area (Å²) >= 11 is 0. The fraction of sp³-hybridized carbons (Fsp3) is 0.100. The van der Waals surface area contributed by atoms with Gasteiger partial charge in [0.15, 0.2) is 0 Å². The number of hydrogen-bond donors (Lipinski definition) is 3. The van der Waals surface area contributed by atoms with E-state index in [4.69, 9.17) is 5.73 Å². The van der Waals surface area contributed by atoms with Crippen molar-refractivity contribution in [2.24, 2.45) is 0 Å². The molecule has 1 amide bonds. The minimum atomic E-state index is -0.606. The van der Waals surface area contributed by atoms with Gasteiger partial charge in [-0.3, -0.25) is 20.0 Å². The first kappa shape index (κ1) is 12.5. The van der Waals surface area contributed by atoms with E-state index < -0.39 is 10.8 Å². The van der Waals surface area contributed by atoms with Crippen molar-refractivity contribution in [2.45, 2.75) is 6.54 Å². The molecule has 0 fully saturated rings. The summed E-state index contributed by atoms with van der Waals surface area (Å²) < 4.78 is 0. The molecule has 0 radical (unpaired) electrons. The molecule has 19 heavy (non-hydrogen) atoms. The molecule has 1 aromatic heterocycles. The van der Waals surface area contributed by atoms with Crippen LogP contribution in [0.3, 0.4) is 0 Å². The Labute approximate surface area is 107 Å². The number of carbonyl (C=O) groups is 1. The number of benzene rings is 1. The third-order valence-electron chi connectivity index (χ3n) is 2.37. The molecule has 0 aliphatic carbocycles. The number of nitrogens with one attached hydrogen (secondary N) is 2. The first-order valence-electron chi connectivity index (χ1n) is 5.24. The van der Waals surface area contributed by atoms with Crippen LogP contribution in [-0.4, -0.2) is 26.0 Å². The third kappa shape index (κ3) is 2.83. The average molecular weight is 262 g/mol. The Morgan fingerprint density at radius 3 is 2.89 bits per heavy atom. The quantitative estimate of drug-likeness (QED) is 0.409. The monoisotopic (exact) mass is 262 g/mol. The number of nitro benzene ring substituents is 1. The molecule has 0 saturated carbocycles. The Bertz CT molecular complexity index is 610. The maximum absolute atomic E-state index is 11.8. The molecule has 2 aromatic rings. The van der Waals surface area contributed by atoms with Crippen LogP contribution in [0.2, 0.25) is 0 Å². The van der Waals surface area contributed by atoms with Crippen molar-refractivity contribution in [1.82, 2.24) is 20.5 Å². The van der Waals surface area contributed by atoms with Crippen LogP contribution in [-0.2, 0) is 6.54 Å². The summed E-state index contributed by atoms with van der Waals surface area (Å²) in [6.45, 7) is 0.176. The van der Waals surface area contributed by atoms with E-state index in [-0.39, 0.29) is 23.5 Å². The van der Waals surface area contributed by atoms with Crippen molar-refractivity contribution in [3.63, 3.8) is 0 Å². The predicted octanol–water partition coefficient (Wildman–Crippen LogP) is 0.225. The zero-order valence-corrected chi connectivity index (χ0v) is 9.66. The predicted molar refractivity (Wildman–Crippen MR) is 65.1 cm³/mol. The number of nitrogens with zero attached hydrogens (tertiary/aromatic N) is 3. The number of H-pyrrole nitrogens is 1. The second-order valence-corrected chi connectivity index (χ2v) is 3.65. The lowest BCUT2D eigenvalue weighted by Gasteiger charge is -2.04. The molecule has 9 nitrogen and oxygen atoms in total. The number of aromatic nitrogens is 3. The molecule has 1 heterocycles. The maximum atomic E-state index is 11.8. The van der Waals surface area contributed by atoms with Crippen LogP contribution in [0.4, 0.5) is 11.4 Å². The van der Waals surface area contributed by atoms with E-state index in [0.29, 0.717) is 5.82 Å². The van der Waals surface area contributed by atoms with E-state index in [2.05, 4.69) is 20.5 Å². The smallest absolute Gasteiger partial charge is 0.292 e. The van der Waals surface area contributed by atoms with Crippen LogP contribution in [0.15, 0.2) is 24.5 Å². The Balaban J connectivity index is 2.07. The normalized spacial score (nSPS) is 10.1. The summed E-state index contributed by atoms with van der Waals surface area (Å²) in [5, 5.41) is 19.4. The molecule has 0 bridgehead atoms. The Morgan fingerprint density at radius 1 is 1.53 bits per heavy atom. The molecule has 1 aromatic carbocycles. The highest BCUT2D eigenvalue weighted by Gasteiger charge is 2.14. The SMILES string of the molecule is Nc1cc(C(=O)NCc2ncn[nH]2)ccc1[N+](=O)[O-]. The highest BCUT2D eigenvalue weighted by molar-refractivity contribution is 5.95. The van der Waals surface area contributed by atoms with Crippen molar-refractivity contribution in [3.05, 3.63) is 46.0 Å². The number of hydrogen-bond acceptors (Lipinski definition) is 6. The Kier molecular flexibility index (Phi) is 3.37. The number of nitro groups is 1. The summed E-state index contributed by atoms with van der Waals surface area (Å²) in [5.74, 6) is 0.0984. The van der Waals surface area contributed by atoms with Crippen LogP contribution < -0.4 is 11.1 Å². The summed E-state index contributed by atoms with van der Waals surface area (Å²) in [7, 11) is 0. The largest absolute Gasteiger partial charge is 0.393 e. The number of carbonyl (C=O) groups excluding carboxylic acids is 1. The maximum Gasteiger partial charge on any atom is 0.292 e. The molecule has 0 aliphatic heterocycles. The minimum Gasteiger partial charge on any atom is -0.393 e. The van der Waals surface area contributed by atoms with Crippen LogP contribution in [0.25, 0.3) is 0 Å². The van der Waals surface area contributed by atoms with Gasteiger partial charge >= 0.3 is 0 Å². The van der Waals surface area contributed by atoms with E-state index >= 15 is 0 Å². The lowest BCUT2D eigenvalue weighted by Crippen LogP contribution is -2.23. The van der Waals surface area contributed by atoms with E-state index in [1.54, 1.807) is 0 Å². The second-order valence-electron chi connectivity index (χ2n) is 3.65. The molecule has 4 N–H and O–H groups in total. The van der Waals surface area contributed by atoms with Gasteiger partial charge in [0.05, 0.1) is 11.5 Å². The Morgan fingerprint density at radius 2 is 2.32 bits per heavy atom. The molecule has 0 atom stereocenters. The number of nitrogen functional groups attached to an aromatic ring is 1. The van der Waals surface area contributed by atoms with Gasteiger partial charge in [-0.05, 0) is 12.1 Å². The molecule has 0 unspecified atom stereocenters. The number of anilines is 1. The van der Waals surface area contributed by atoms with Gasteiger partial charge in [-0.25, -0.2) is 4.98 Å². The summed E-state index contributed by atoms with van der Waals surface area (Å²) in [6.07, 6.45) is 1.32. The van der Waals surface area contributed by atoms with Gasteiger partial charge in [-0.15, -0.1) is 0 Å². The highest BCUT2D eigenvalue weighted by Crippen LogP contribution is 2.21. The first-order valence-corrected chi connectivity index (χ1v) is 5.24. The number of aromatic amines is 1. The van der Waals surface area contributed by atoms with Crippen LogP contribution in [0.5, 0.6) is 0 Å². The highest BCUT2D eigenvalue weighted by atomic mass is 16.6. The van der Waals surface area contributed by atoms with Crippen LogP contribution in [0.1, 0.15) is 16.2 Å². The van der Waals surface area contributed by atoms with E-state index in [1.807, 2.05) is 0 Å². The number of rotatable bonds is 4. The number of amides is 1. The minimum absolute atomic E-state index is 0.0580. The van der Waals surface area contributed by atoms with E-state index in [1.165, 1.54) is 24.5 Å². The molecule has 98 valence electrons. The molecular formula is C10H10N6O3. The fourth-order valence-electron chi connectivity index (χ4n) is 1.44. The molecule has 0 spiro atoms. The van der Waals surface area contributed by atoms with Crippen molar-refractivity contribution < 1.29 is 9.72 Å². The molecular weight excluding hydrogens is 252 g/mol. The average Bonchev–Trinajstić information content (AvgIpc) is 2.88. The van der Waals surface area contributed by atoms with Gasteiger partial charge in [-0.2, -0.15) is 5.10 Å². The summed E-state index contributed by atoms with van der Waals surface area (Å²) in [6, 6.07) is 3.79. The van der Waals surface area contributed by atoms with Crippen molar-refractivity contribution >= 4 is 17.3 Å². The molecule has 9 heteroatoms. The van der Waals surface area contributed by atoms with Crippen molar-refractivity contribution in [3.8, 4) is 0 Å². The first-order chi connectivity index (χ1) is 9.08. The Hall–Kier alpha value is -2.97. The summed E-state index contributed by atoms with van der Waals surface area (Å²) in [5.41, 5.74) is 5.45. The second kappa shape index (κ2) is 5.12. The van der Waals surface area contributed by atoms with E-state index in [9.17, 15) is 14.9 Å². The molecule has 2 rings (SSSR count). The lowest BCUT2D eigenvalue weighted by molar-refractivity contribution is -0.383. The lowest BCUT2D eigenvalue weighted by atomic mass is 10.1. The summed E-state index contributed by atoms with van der Waals surface area (Å²) in [4.78, 5) is 25.6. The molecule has 0 saturated heterocycles. The zero-order valence-electron chi connectivity index (χ0n) is 9.66. The standard InChI is InChI=1S/C10H10N6O3/c11-7-3-6(1-2-8(7)16(18)19)10(17)12-4-9-13-5-14-15-9/h1-3,5H,4,11H2,(H,12,17)(H,13,14,15). The topological polar surface area (TPSA) is 140 Å². The third-order valence-corrected chi connectivity index (χ3v) is 2.37. The van der Waals surface area contributed by atoms with Crippen LogP contribution >= 0.6 is 0 Å². The van der Waals surface area contributed by atoms with Crippen molar-refractivity contribution in [1.29, 1.82) is 0 Å². The van der Waals surface area contributed by atoms with Crippen molar-refractivity contribution in [2.75, 3.05) is 5.73 Å². The fourth-order valence-corrected chi connectivity index (χ4v) is 1.44. The van der Waals surface area contributed by atoms with Gasteiger partial charge in [0.25, 0.3) is 11.6 Å². The van der Waals surface area contributed by atoms with Gasteiger partial charge in [-0.1, -0.05) is 0 Å².